The molecule has 3 N–H and O–H groups in total. The summed E-state index contributed by atoms with van der Waals surface area (Å²) in [5.41, 5.74) is -2.79. The Bertz CT molecular complexity index is 886. The van der Waals surface area contributed by atoms with Crippen LogP contribution in [0.4, 0.5) is 18.9 Å². The summed E-state index contributed by atoms with van der Waals surface area (Å²) >= 11 is 0. The van der Waals surface area contributed by atoms with E-state index in [2.05, 4.69) is 22.9 Å². The number of hydrogen-bond donors (Lipinski definition) is 3. The SMILES string of the molecule is CCCCCCOCCOCCNC(=O)CCCNC(C)(C)C(=O)Nc1ccc(C#N)c(C(F)(F)F)c1. The van der Waals surface area contributed by atoms with Gasteiger partial charge in [-0.3, -0.25) is 9.59 Å². The highest BCUT2D eigenvalue weighted by Gasteiger charge is 2.34. The fourth-order valence-electron chi connectivity index (χ4n) is 3.28. The fourth-order valence-corrected chi connectivity index (χ4v) is 3.28. The Kier molecular flexibility index (Phi) is 14.8. The van der Waals surface area contributed by atoms with Crippen molar-refractivity contribution in [3.8, 4) is 6.07 Å². The van der Waals surface area contributed by atoms with E-state index in [9.17, 15) is 22.8 Å². The number of ether oxygens (including phenoxy) is 2. The summed E-state index contributed by atoms with van der Waals surface area (Å²) in [7, 11) is 0. The summed E-state index contributed by atoms with van der Waals surface area (Å²) < 4.78 is 50.3. The number of rotatable bonds is 18. The van der Waals surface area contributed by atoms with E-state index < -0.39 is 28.7 Å². The van der Waals surface area contributed by atoms with Crippen LogP contribution < -0.4 is 16.0 Å². The normalized spacial score (nSPS) is 11.7. The van der Waals surface area contributed by atoms with E-state index in [0.29, 0.717) is 39.3 Å². The number of carbonyl (C=O) groups is 2. The van der Waals surface area contributed by atoms with Crippen molar-refractivity contribution in [2.24, 2.45) is 0 Å². The van der Waals surface area contributed by atoms with Crippen molar-refractivity contribution in [3.05, 3.63) is 29.3 Å². The minimum absolute atomic E-state index is 0.0636. The molecule has 0 radical (unpaired) electrons. The quantitative estimate of drug-likeness (QED) is 0.244. The molecule has 11 heteroatoms. The Balaban J connectivity index is 2.24. The van der Waals surface area contributed by atoms with Gasteiger partial charge in [0.25, 0.3) is 0 Å². The molecule has 208 valence electrons. The van der Waals surface area contributed by atoms with Crippen molar-refractivity contribution in [2.75, 3.05) is 44.8 Å². The standard InChI is InChI=1S/C26H39F3N4O4/c1-4-5-6-7-14-36-16-17-37-15-13-31-23(34)9-8-12-32-25(2,3)24(35)33-21-11-10-20(19-30)22(18-21)26(27,28)29/h10-11,18,32H,4-9,12-17H2,1-3H3,(H,31,34)(H,33,35). The molecule has 1 aromatic carbocycles. The van der Waals surface area contributed by atoms with Crippen LogP contribution in [0.3, 0.4) is 0 Å². The van der Waals surface area contributed by atoms with Crippen molar-refractivity contribution in [1.29, 1.82) is 5.26 Å². The highest BCUT2D eigenvalue weighted by Crippen LogP contribution is 2.33. The van der Waals surface area contributed by atoms with Gasteiger partial charge in [-0.2, -0.15) is 18.4 Å². The number of halogens is 3. The van der Waals surface area contributed by atoms with Gasteiger partial charge in [0.15, 0.2) is 0 Å². The third kappa shape index (κ3) is 13.4. The van der Waals surface area contributed by atoms with Crippen molar-refractivity contribution >= 4 is 17.5 Å². The second kappa shape index (κ2) is 16.9. The monoisotopic (exact) mass is 528 g/mol. The Labute approximate surface area is 217 Å². The van der Waals surface area contributed by atoms with Gasteiger partial charge in [-0.1, -0.05) is 26.2 Å². The van der Waals surface area contributed by atoms with E-state index in [0.717, 1.165) is 25.2 Å². The molecule has 37 heavy (non-hydrogen) atoms. The zero-order valence-corrected chi connectivity index (χ0v) is 21.9. The lowest BCUT2D eigenvalue weighted by atomic mass is 10.0. The van der Waals surface area contributed by atoms with Crippen LogP contribution in [0.25, 0.3) is 0 Å². The third-order valence-electron chi connectivity index (χ3n) is 5.50. The van der Waals surface area contributed by atoms with Crippen molar-refractivity contribution in [2.45, 2.75) is 71.0 Å². The van der Waals surface area contributed by atoms with Crippen LogP contribution in [0.5, 0.6) is 0 Å². The molecule has 8 nitrogen and oxygen atoms in total. The van der Waals surface area contributed by atoms with Crippen molar-refractivity contribution in [1.82, 2.24) is 10.6 Å². The average Bonchev–Trinajstić information content (AvgIpc) is 2.84. The number of nitriles is 1. The third-order valence-corrected chi connectivity index (χ3v) is 5.50. The van der Waals surface area contributed by atoms with E-state index in [4.69, 9.17) is 14.7 Å². The second-order valence-corrected chi connectivity index (χ2v) is 9.11. The predicted octanol–water partition coefficient (Wildman–Crippen LogP) is 4.39. The summed E-state index contributed by atoms with van der Waals surface area (Å²) in [5.74, 6) is -0.686. The van der Waals surface area contributed by atoms with Crippen LogP contribution in [0.15, 0.2) is 18.2 Å². The number of nitrogens with one attached hydrogen (secondary N) is 3. The van der Waals surface area contributed by atoms with Gasteiger partial charge in [-0.25, -0.2) is 0 Å². The Morgan fingerprint density at radius 2 is 1.68 bits per heavy atom. The molecule has 1 aromatic rings. The second-order valence-electron chi connectivity index (χ2n) is 9.11. The number of alkyl halides is 3. The van der Waals surface area contributed by atoms with Crippen LogP contribution in [-0.2, 0) is 25.2 Å². The molecule has 0 saturated heterocycles. The van der Waals surface area contributed by atoms with Crippen LogP contribution in [-0.4, -0.2) is 56.9 Å². The number of carbonyl (C=O) groups excluding carboxylic acids is 2. The molecule has 0 atom stereocenters. The molecule has 0 spiro atoms. The number of anilines is 1. The van der Waals surface area contributed by atoms with Crippen molar-refractivity contribution < 1.29 is 32.2 Å². The highest BCUT2D eigenvalue weighted by molar-refractivity contribution is 5.97. The summed E-state index contributed by atoms with van der Waals surface area (Å²) in [6.45, 7) is 8.21. The molecule has 0 saturated carbocycles. The zero-order valence-electron chi connectivity index (χ0n) is 21.9. The van der Waals surface area contributed by atoms with E-state index >= 15 is 0 Å². The lowest BCUT2D eigenvalue weighted by Gasteiger charge is -2.25. The molecule has 0 fully saturated rings. The number of unbranched alkanes of at least 4 members (excludes halogenated alkanes) is 3. The van der Waals surface area contributed by atoms with Gasteiger partial charge in [0.05, 0.1) is 42.6 Å². The van der Waals surface area contributed by atoms with Gasteiger partial charge in [-0.15, -0.1) is 0 Å². The molecular weight excluding hydrogens is 489 g/mol. The van der Waals surface area contributed by atoms with E-state index in [1.165, 1.54) is 31.4 Å². The number of benzene rings is 1. The average molecular weight is 529 g/mol. The largest absolute Gasteiger partial charge is 0.417 e. The first-order valence-electron chi connectivity index (χ1n) is 12.6. The molecule has 2 amide bonds. The summed E-state index contributed by atoms with van der Waals surface area (Å²) in [4.78, 5) is 24.5. The summed E-state index contributed by atoms with van der Waals surface area (Å²) in [6.07, 6.45) is 0.639. The fraction of sp³-hybridized carbons (Fsp3) is 0.654. The van der Waals surface area contributed by atoms with Crippen molar-refractivity contribution in [3.63, 3.8) is 0 Å². The Morgan fingerprint density at radius 3 is 2.32 bits per heavy atom. The van der Waals surface area contributed by atoms with Gasteiger partial charge in [0.1, 0.15) is 0 Å². The minimum atomic E-state index is -4.71. The molecule has 0 aromatic heterocycles. The first-order valence-corrected chi connectivity index (χ1v) is 12.6. The first kappa shape index (κ1) is 32.3. The van der Waals surface area contributed by atoms with Gasteiger partial charge >= 0.3 is 6.18 Å². The molecular formula is C26H39F3N4O4. The Morgan fingerprint density at radius 1 is 0.973 bits per heavy atom. The van der Waals surface area contributed by atoms with Crippen LogP contribution >= 0.6 is 0 Å². The lowest BCUT2D eigenvalue weighted by Crippen LogP contribution is -2.50. The van der Waals surface area contributed by atoms with Gasteiger partial charge < -0.3 is 25.4 Å². The summed E-state index contributed by atoms with van der Waals surface area (Å²) in [5, 5.41) is 17.1. The maximum atomic E-state index is 13.1. The molecule has 0 aliphatic rings. The smallest absolute Gasteiger partial charge is 0.379 e. The van der Waals surface area contributed by atoms with E-state index in [1.807, 2.05) is 0 Å². The molecule has 0 aliphatic carbocycles. The zero-order chi connectivity index (χ0) is 27.7. The van der Waals surface area contributed by atoms with Gasteiger partial charge in [0.2, 0.25) is 11.8 Å². The highest BCUT2D eigenvalue weighted by atomic mass is 19.4. The minimum Gasteiger partial charge on any atom is -0.379 e. The van der Waals surface area contributed by atoms with E-state index in [-0.39, 0.29) is 18.0 Å². The first-order chi connectivity index (χ1) is 17.5. The predicted molar refractivity (Wildman–Crippen MR) is 135 cm³/mol. The number of amides is 2. The van der Waals surface area contributed by atoms with Crippen LogP contribution in [0, 0.1) is 11.3 Å². The Hall–Kier alpha value is -2.68. The summed E-state index contributed by atoms with van der Waals surface area (Å²) in [6, 6.07) is 4.51. The molecule has 0 bridgehead atoms. The van der Waals surface area contributed by atoms with Crippen LogP contribution in [0.2, 0.25) is 0 Å². The van der Waals surface area contributed by atoms with Gasteiger partial charge in [0, 0.05) is 25.3 Å². The topological polar surface area (TPSA) is 112 Å². The van der Waals surface area contributed by atoms with E-state index in [1.54, 1.807) is 13.8 Å². The van der Waals surface area contributed by atoms with Gasteiger partial charge in [-0.05, 0) is 51.4 Å². The maximum absolute atomic E-state index is 13.1. The maximum Gasteiger partial charge on any atom is 0.417 e. The number of hydrogen-bond acceptors (Lipinski definition) is 6. The molecule has 1 rings (SSSR count). The van der Waals surface area contributed by atoms with Crippen LogP contribution in [0.1, 0.15) is 70.4 Å². The lowest BCUT2D eigenvalue weighted by molar-refractivity contribution is -0.137. The molecule has 0 unspecified atom stereocenters. The molecule has 0 heterocycles. The molecule has 0 aliphatic heterocycles. The number of nitrogens with zero attached hydrogens (tertiary/aromatic N) is 1.